The van der Waals surface area contributed by atoms with Crippen LogP contribution in [0.15, 0.2) is 77.9 Å². The summed E-state index contributed by atoms with van der Waals surface area (Å²) >= 11 is -4.84. The summed E-state index contributed by atoms with van der Waals surface area (Å²) in [4.78, 5) is 0. The van der Waals surface area contributed by atoms with Crippen molar-refractivity contribution >= 4 is 35.1 Å². The van der Waals surface area contributed by atoms with E-state index in [1.165, 1.54) is 83.5 Å². The van der Waals surface area contributed by atoms with Crippen molar-refractivity contribution in [2.24, 2.45) is 5.92 Å². The summed E-state index contributed by atoms with van der Waals surface area (Å²) in [6, 6.07) is 24.9. The van der Waals surface area contributed by atoms with Gasteiger partial charge in [-0.1, -0.05) is 0 Å². The molecule has 0 amide bonds. The number of halogens is 2. The van der Waals surface area contributed by atoms with Crippen molar-refractivity contribution in [1.82, 2.24) is 0 Å². The Morgan fingerprint density at radius 1 is 0.600 bits per heavy atom. The topological polar surface area (TPSA) is 0 Å². The molecule has 2 aliphatic carbocycles. The first-order chi connectivity index (χ1) is 21.2. The van der Waals surface area contributed by atoms with Crippen molar-refractivity contribution in [1.29, 1.82) is 0 Å². The van der Waals surface area contributed by atoms with E-state index < -0.39 is 21.5 Å². The van der Waals surface area contributed by atoms with Crippen molar-refractivity contribution in [2.75, 3.05) is 0 Å². The van der Waals surface area contributed by atoms with E-state index in [0.717, 1.165) is 0 Å². The molecule has 4 aromatic carbocycles. The molecule has 2 unspecified atom stereocenters. The molecule has 0 fully saturated rings. The Bertz CT molecular complexity index is 1930. The molecule has 0 saturated heterocycles. The molecular formula is C41H47Cl2SiZr. The Labute approximate surface area is 280 Å². The van der Waals surface area contributed by atoms with Crippen LogP contribution in [-0.4, -0.2) is 5.92 Å². The first-order valence-electron chi connectivity index (χ1n) is 16.5. The first-order valence-corrected chi connectivity index (χ1v) is 32.9. The van der Waals surface area contributed by atoms with Crippen LogP contribution in [0.3, 0.4) is 0 Å². The summed E-state index contributed by atoms with van der Waals surface area (Å²) in [5.74, 6) is -1.29. The Kier molecular flexibility index (Phi) is 8.52. The van der Waals surface area contributed by atoms with E-state index in [1.54, 1.807) is 0 Å². The van der Waals surface area contributed by atoms with Crippen LogP contribution in [0.25, 0.3) is 34.4 Å². The van der Waals surface area contributed by atoms with Gasteiger partial charge < -0.3 is 0 Å². The van der Waals surface area contributed by atoms with Crippen LogP contribution in [0.5, 0.6) is 0 Å². The predicted octanol–water partition coefficient (Wildman–Crippen LogP) is 12.8. The second-order valence-electron chi connectivity index (χ2n) is 14.5. The number of benzene rings is 4. The van der Waals surface area contributed by atoms with E-state index in [1.807, 2.05) is 0 Å². The molecule has 4 aromatic rings. The fourth-order valence-corrected chi connectivity index (χ4v) is 40.7. The molecule has 0 bridgehead atoms. The monoisotopic (exact) mass is 727 g/mol. The van der Waals surface area contributed by atoms with Crippen LogP contribution in [0.4, 0.5) is 0 Å². The summed E-state index contributed by atoms with van der Waals surface area (Å²) in [5.41, 5.74) is 20.1. The van der Waals surface area contributed by atoms with E-state index in [9.17, 15) is 0 Å². The standard InChI is InChI=1S/C20H21.C19H19.C2H7Si.2ClH.Zr/c1-13(2)17-11-16-8-6-10-19(20(16)12-17)18-9-5-7-14(3)15(18)4;1-12-10-18-14(3)8-9-17(19(18)11-12)16-7-5-6-13(2)15(16)4;1-3-2;;;/h5-13H,1-4H3;5-11H,1-4H3;3H,1-2H3;2*1H;/q;;;;;+2/p-2. The minimum absolute atomic E-state index is 0.0870. The molecule has 45 heavy (non-hydrogen) atoms. The molecule has 0 N–H and O–H groups in total. The van der Waals surface area contributed by atoms with E-state index in [0.29, 0.717) is 5.92 Å². The van der Waals surface area contributed by atoms with Crippen molar-refractivity contribution in [3.05, 3.63) is 128 Å². The number of aryl methyl sites for hydroxylation is 3. The van der Waals surface area contributed by atoms with E-state index >= 15 is 0 Å². The Morgan fingerprint density at radius 3 is 1.69 bits per heavy atom. The van der Waals surface area contributed by atoms with Gasteiger partial charge in [0, 0.05) is 0 Å². The quantitative estimate of drug-likeness (QED) is 0.173. The molecule has 0 heterocycles. The number of allylic oxidation sites excluding steroid dienone is 2. The van der Waals surface area contributed by atoms with Gasteiger partial charge >= 0.3 is 283 Å². The molecule has 0 saturated carbocycles. The summed E-state index contributed by atoms with van der Waals surface area (Å²) in [6.45, 7) is 23.1. The van der Waals surface area contributed by atoms with Gasteiger partial charge in [-0.2, -0.15) is 0 Å². The van der Waals surface area contributed by atoms with Gasteiger partial charge in [0.2, 0.25) is 0 Å². The third-order valence-electron chi connectivity index (χ3n) is 11.4. The number of fused-ring (bicyclic) bond motifs is 2. The van der Waals surface area contributed by atoms with Crippen molar-refractivity contribution in [3.63, 3.8) is 0 Å². The van der Waals surface area contributed by atoms with Gasteiger partial charge in [0.05, 0.1) is 0 Å². The van der Waals surface area contributed by atoms with Crippen LogP contribution < -0.4 is 0 Å². The summed E-state index contributed by atoms with van der Waals surface area (Å²) in [5, 5.41) is 0. The average Bonchev–Trinajstić information content (AvgIpc) is 3.57. The van der Waals surface area contributed by atoms with Crippen molar-refractivity contribution < 1.29 is 15.6 Å². The van der Waals surface area contributed by atoms with Gasteiger partial charge in [-0.3, -0.25) is 0 Å². The number of hydrogen-bond acceptors (Lipinski definition) is 0. The first kappa shape index (κ1) is 33.0. The van der Waals surface area contributed by atoms with Crippen molar-refractivity contribution in [3.8, 4) is 22.3 Å². The minimum atomic E-state index is -4.84. The molecule has 6 rings (SSSR count). The molecule has 233 valence electrons. The molecule has 0 nitrogen and oxygen atoms in total. The SMILES string of the molecule is CC1=Cc2c(-c3cccc(C)c3C)ccc(C)c2[CH]1[Zr]([Cl])([Cl])([CH]1C(C(C)C)=Cc2c(-c3cccc(C)c3C)cccc21)[SiH](C)C. The Hall–Kier alpha value is -1.96. The zero-order chi connectivity index (χ0) is 32.6. The van der Waals surface area contributed by atoms with Crippen LogP contribution >= 0.6 is 17.0 Å². The molecule has 2 aliphatic rings. The molecule has 2 atom stereocenters. The third kappa shape index (κ3) is 4.92. The van der Waals surface area contributed by atoms with Crippen LogP contribution in [-0.2, 0) is 15.6 Å². The molecular weight excluding hydrogens is 683 g/mol. The van der Waals surface area contributed by atoms with Gasteiger partial charge in [0.15, 0.2) is 0 Å². The predicted molar refractivity (Wildman–Crippen MR) is 200 cm³/mol. The molecule has 4 heteroatoms. The van der Waals surface area contributed by atoms with Gasteiger partial charge in [0.25, 0.3) is 0 Å². The van der Waals surface area contributed by atoms with Gasteiger partial charge in [-0.05, 0) is 0 Å². The number of hydrogen-bond donors (Lipinski definition) is 0. The number of rotatable bonds is 6. The summed E-state index contributed by atoms with van der Waals surface area (Å²) < 4.78 is 0.175. The summed E-state index contributed by atoms with van der Waals surface area (Å²) in [7, 11) is 17.3. The van der Waals surface area contributed by atoms with Gasteiger partial charge in [-0.25, -0.2) is 0 Å². The van der Waals surface area contributed by atoms with Gasteiger partial charge in [0.1, 0.15) is 0 Å². The maximum absolute atomic E-state index is 8.67. The third-order valence-corrected chi connectivity index (χ3v) is 63.3. The molecule has 0 radical (unpaired) electrons. The molecule has 0 aliphatic heterocycles. The van der Waals surface area contributed by atoms with Gasteiger partial charge in [-0.15, -0.1) is 0 Å². The Morgan fingerprint density at radius 2 is 1.13 bits per heavy atom. The Balaban J connectivity index is 1.63. The fourth-order valence-electron chi connectivity index (χ4n) is 8.46. The normalized spacial score (nSPS) is 18.5. The molecule has 0 aromatic heterocycles. The second-order valence-corrected chi connectivity index (χ2v) is 57.0. The van der Waals surface area contributed by atoms with E-state index in [-0.39, 0.29) is 7.25 Å². The second kappa shape index (κ2) is 11.6. The van der Waals surface area contributed by atoms with Crippen LogP contribution in [0.2, 0.25) is 13.1 Å². The van der Waals surface area contributed by atoms with Crippen LogP contribution in [0, 0.1) is 40.5 Å². The molecule has 0 spiro atoms. The average molecular weight is 730 g/mol. The fraction of sp³-hybridized carbons (Fsp3) is 0.317. The zero-order valence-corrected chi connectivity index (χ0v) is 33.7. The summed E-state index contributed by atoms with van der Waals surface area (Å²) in [6.07, 6.45) is 4.94. The van der Waals surface area contributed by atoms with E-state index in [4.69, 9.17) is 17.0 Å². The van der Waals surface area contributed by atoms with Crippen molar-refractivity contribution in [2.45, 2.75) is 75.7 Å². The zero-order valence-electron chi connectivity index (χ0n) is 28.6. The van der Waals surface area contributed by atoms with E-state index in [2.05, 4.69) is 147 Å². The maximum atomic E-state index is 8.67. The van der Waals surface area contributed by atoms with Crippen LogP contribution in [0.1, 0.15) is 78.1 Å².